The predicted molar refractivity (Wildman–Crippen MR) is 106 cm³/mol. The molecule has 1 N–H and O–H groups in total. The SMILES string of the molecule is Cc1ccsc1/C=N\NC(=O)COc1ccccc1Cc1ccccc1. The first kappa shape index (κ1) is 17.9. The third-order valence-corrected chi connectivity index (χ3v) is 4.80. The van der Waals surface area contributed by atoms with Gasteiger partial charge in [0.05, 0.1) is 6.21 Å². The van der Waals surface area contributed by atoms with Crippen molar-refractivity contribution < 1.29 is 9.53 Å². The smallest absolute Gasteiger partial charge is 0.277 e. The molecule has 2 aromatic carbocycles. The second-order valence-electron chi connectivity index (χ2n) is 5.82. The molecule has 0 atom stereocenters. The van der Waals surface area contributed by atoms with E-state index in [2.05, 4.69) is 22.7 Å². The van der Waals surface area contributed by atoms with E-state index < -0.39 is 0 Å². The number of hydrogen-bond donors (Lipinski definition) is 1. The Kier molecular flexibility index (Phi) is 6.17. The third kappa shape index (κ3) is 5.04. The van der Waals surface area contributed by atoms with Crippen LogP contribution in [0, 0.1) is 6.92 Å². The first-order chi connectivity index (χ1) is 12.7. The predicted octanol–water partition coefficient (Wildman–Crippen LogP) is 4.18. The lowest BCUT2D eigenvalue weighted by Gasteiger charge is -2.11. The number of carbonyl (C=O) groups excluding carboxylic acids is 1. The van der Waals surface area contributed by atoms with Crippen LogP contribution in [0.4, 0.5) is 0 Å². The number of para-hydroxylation sites is 1. The van der Waals surface area contributed by atoms with E-state index in [1.807, 2.05) is 60.8 Å². The topological polar surface area (TPSA) is 50.7 Å². The van der Waals surface area contributed by atoms with Crippen molar-refractivity contribution in [2.24, 2.45) is 5.10 Å². The normalized spacial score (nSPS) is 10.8. The minimum atomic E-state index is -0.287. The molecule has 4 nitrogen and oxygen atoms in total. The summed E-state index contributed by atoms with van der Waals surface area (Å²) in [5.74, 6) is 0.426. The number of nitrogens with one attached hydrogen (secondary N) is 1. The Morgan fingerprint density at radius 2 is 1.88 bits per heavy atom. The van der Waals surface area contributed by atoms with Crippen LogP contribution in [0.15, 0.2) is 71.1 Å². The van der Waals surface area contributed by atoms with E-state index in [1.54, 1.807) is 17.6 Å². The van der Waals surface area contributed by atoms with Crippen LogP contribution >= 0.6 is 11.3 Å². The minimum absolute atomic E-state index is 0.0768. The van der Waals surface area contributed by atoms with E-state index in [0.29, 0.717) is 5.75 Å². The Morgan fingerprint density at radius 1 is 1.12 bits per heavy atom. The summed E-state index contributed by atoms with van der Waals surface area (Å²) in [4.78, 5) is 13.0. The van der Waals surface area contributed by atoms with E-state index in [-0.39, 0.29) is 12.5 Å². The second-order valence-corrected chi connectivity index (χ2v) is 6.77. The zero-order valence-electron chi connectivity index (χ0n) is 14.5. The van der Waals surface area contributed by atoms with E-state index in [1.165, 1.54) is 5.56 Å². The lowest BCUT2D eigenvalue weighted by atomic mass is 10.0. The Balaban J connectivity index is 1.55. The highest BCUT2D eigenvalue weighted by Crippen LogP contribution is 2.21. The van der Waals surface area contributed by atoms with Crippen LogP contribution < -0.4 is 10.2 Å². The lowest BCUT2D eigenvalue weighted by molar-refractivity contribution is -0.123. The number of hydrogen-bond acceptors (Lipinski definition) is 4. The number of nitrogens with zero attached hydrogens (tertiary/aromatic N) is 1. The summed E-state index contributed by atoms with van der Waals surface area (Å²) in [6, 6.07) is 19.9. The maximum Gasteiger partial charge on any atom is 0.277 e. The zero-order valence-corrected chi connectivity index (χ0v) is 15.3. The van der Waals surface area contributed by atoms with Crippen LogP contribution in [-0.4, -0.2) is 18.7 Å². The third-order valence-electron chi connectivity index (χ3n) is 3.84. The van der Waals surface area contributed by atoms with Crippen LogP contribution in [0.3, 0.4) is 0 Å². The minimum Gasteiger partial charge on any atom is -0.483 e. The quantitative estimate of drug-likeness (QED) is 0.505. The van der Waals surface area contributed by atoms with Crippen molar-refractivity contribution in [1.82, 2.24) is 5.43 Å². The monoisotopic (exact) mass is 364 g/mol. The van der Waals surface area contributed by atoms with Crippen LogP contribution in [0.2, 0.25) is 0 Å². The Bertz CT molecular complexity index is 888. The van der Waals surface area contributed by atoms with E-state index in [9.17, 15) is 4.79 Å². The van der Waals surface area contributed by atoms with Gasteiger partial charge in [-0.05, 0) is 41.1 Å². The Labute approximate surface area is 157 Å². The Morgan fingerprint density at radius 3 is 2.65 bits per heavy atom. The lowest BCUT2D eigenvalue weighted by Crippen LogP contribution is -2.24. The summed E-state index contributed by atoms with van der Waals surface area (Å²) in [6.45, 7) is 1.93. The molecular weight excluding hydrogens is 344 g/mol. The van der Waals surface area contributed by atoms with Gasteiger partial charge in [0.15, 0.2) is 6.61 Å². The van der Waals surface area contributed by atoms with Crippen molar-refractivity contribution in [3.63, 3.8) is 0 Å². The summed E-state index contributed by atoms with van der Waals surface area (Å²) in [6.07, 6.45) is 2.41. The molecule has 3 rings (SSSR count). The van der Waals surface area contributed by atoms with Crippen molar-refractivity contribution in [1.29, 1.82) is 0 Å². The van der Waals surface area contributed by atoms with Gasteiger partial charge in [0.1, 0.15) is 5.75 Å². The highest BCUT2D eigenvalue weighted by Gasteiger charge is 2.07. The summed E-state index contributed by atoms with van der Waals surface area (Å²) >= 11 is 1.58. The maximum absolute atomic E-state index is 12.0. The maximum atomic E-state index is 12.0. The van der Waals surface area contributed by atoms with Crippen molar-refractivity contribution in [3.05, 3.63) is 87.6 Å². The van der Waals surface area contributed by atoms with Crippen LogP contribution in [0.5, 0.6) is 5.75 Å². The molecule has 0 saturated carbocycles. The molecule has 26 heavy (non-hydrogen) atoms. The molecule has 1 amide bonds. The first-order valence-electron chi connectivity index (χ1n) is 8.33. The fraction of sp³-hybridized carbons (Fsp3) is 0.143. The molecule has 0 spiro atoms. The summed E-state index contributed by atoms with van der Waals surface area (Å²) in [5, 5.41) is 5.97. The van der Waals surface area contributed by atoms with Crippen LogP contribution in [0.1, 0.15) is 21.6 Å². The zero-order chi connectivity index (χ0) is 18.2. The molecule has 3 aromatic rings. The fourth-order valence-corrected chi connectivity index (χ4v) is 3.25. The number of thiophene rings is 1. The second kappa shape index (κ2) is 8.97. The van der Waals surface area contributed by atoms with E-state index >= 15 is 0 Å². The highest BCUT2D eigenvalue weighted by molar-refractivity contribution is 7.11. The largest absolute Gasteiger partial charge is 0.483 e. The number of amides is 1. The number of carbonyl (C=O) groups is 1. The molecule has 0 fully saturated rings. The molecule has 0 radical (unpaired) electrons. The van der Waals surface area contributed by atoms with Gasteiger partial charge >= 0.3 is 0 Å². The molecule has 0 bridgehead atoms. The number of hydrazone groups is 1. The van der Waals surface area contributed by atoms with Gasteiger partial charge in [-0.3, -0.25) is 4.79 Å². The fourth-order valence-electron chi connectivity index (χ4n) is 2.46. The standard InChI is InChI=1S/C21H20N2O2S/c1-16-11-12-26-20(16)14-22-23-21(24)15-25-19-10-6-5-9-18(19)13-17-7-3-2-4-8-17/h2-12,14H,13,15H2,1H3,(H,23,24)/b22-14-. The molecule has 132 valence electrons. The van der Waals surface area contributed by atoms with Crippen molar-refractivity contribution >= 4 is 23.5 Å². The Hall–Kier alpha value is -2.92. The van der Waals surface area contributed by atoms with Crippen LogP contribution in [-0.2, 0) is 11.2 Å². The molecule has 0 aliphatic heterocycles. The van der Waals surface area contributed by atoms with Gasteiger partial charge in [-0.2, -0.15) is 5.10 Å². The van der Waals surface area contributed by atoms with Gasteiger partial charge < -0.3 is 4.74 Å². The van der Waals surface area contributed by atoms with Gasteiger partial charge in [0.2, 0.25) is 0 Å². The van der Waals surface area contributed by atoms with Crippen molar-refractivity contribution in [2.75, 3.05) is 6.61 Å². The van der Waals surface area contributed by atoms with Crippen LogP contribution in [0.25, 0.3) is 0 Å². The molecule has 0 aliphatic carbocycles. The van der Waals surface area contributed by atoms with Gasteiger partial charge in [0, 0.05) is 11.3 Å². The van der Waals surface area contributed by atoms with Gasteiger partial charge in [0.25, 0.3) is 5.91 Å². The molecule has 1 heterocycles. The van der Waals surface area contributed by atoms with Crippen molar-refractivity contribution in [3.8, 4) is 5.75 Å². The number of benzene rings is 2. The molecular formula is C21H20N2O2S. The summed E-state index contributed by atoms with van der Waals surface area (Å²) in [5.41, 5.74) is 5.88. The molecule has 0 unspecified atom stereocenters. The first-order valence-corrected chi connectivity index (χ1v) is 9.21. The van der Waals surface area contributed by atoms with Gasteiger partial charge in [-0.1, -0.05) is 48.5 Å². The number of ether oxygens (including phenoxy) is 1. The summed E-state index contributed by atoms with van der Waals surface area (Å²) < 4.78 is 5.70. The van der Waals surface area contributed by atoms with E-state index in [0.717, 1.165) is 22.4 Å². The number of aryl methyl sites for hydroxylation is 1. The van der Waals surface area contributed by atoms with Gasteiger partial charge in [-0.15, -0.1) is 11.3 Å². The molecule has 5 heteroatoms. The summed E-state index contributed by atoms with van der Waals surface area (Å²) in [7, 11) is 0. The van der Waals surface area contributed by atoms with E-state index in [4.69, 9.17) is 4.74 Å². The van der Waals surface area contributed by atoms with Crippen molar-refractivity contribution in [2.45, 2.75) is 13.3 Å². The number of rotatable bonds is 7. The molecule has 0 saturated heterocycles. The molecule has 0 aliphatic rings. The highest BCUT2D eigenvalue weighted by atomic mass is 32.1. The molecule has 1 aromatic heterocycles. The average Bonchev–Trinajstić information content (AvgIpc) is 3.07. The average molecular weight is 364 g/mol. The van der Waals surface area contributed by atoms with Gasteiger partial charge in [-0.25, -0.2) is 5.43 Å².